The Morgan fingerprint density at radius 3 is 2.26 bits per heavy atom. The molecule has 5 heteroatoms. The average Bonchev–Trinajstić information content (AvgIpc) is 3.00. The van der Waals surface area contributed by atoms with E-state index in [1.54, 1.807) is 11.8 Å². The van der Waals surface area contributed by atoms with E-state index in [4.69, 9.17) is 4.74 Å². The molecular formula is C22H23NO4. The van der Waals surface area contributed by atoms with Gasteiger partial charge in [0.25, 0.3) is 0 Å². The summed E-state index contributed by atoms with van der Waals surface area (Å²) in [6, 6.07) is 16.0. The Balaban J connectivity index is 1.50. The maximum atomic E-state index is 12.7. The Morgan fingerprint density at radius 2 is 1.67 bits per heavy atom. The third kappa shape index (κ3) is 3.07. The third-order valence-electron chi connectivity index (χ3n) is 5.88. The van der Waals surface area contributed by atoms with E-state index in [1.165, 1.54) is 22.3 Å². The first-order valence-corrected chi connectivity index (χ1v) is 9.42. The predicted octanol–water partition coefficient (Wildman–Crippen LogP) is 4.12. The number of hydrogen-bond acceptors (Lipinski definition) is 3. The van der Waals surface area contributed by atoms with Crippen LogP contribution in [-0.4, -0.2) is 41.3 Å². The van der Waals surface area contributed by atoms with E-state index in [0.717, 1.165) is 0 Å². The van der Waals surface area contributed by atoms with E-state index in [1.807, 2.05) is 24.3 Å². The number of carboxylic acids is 1. The first-order chi connectivity index (χ1) is 13.1. The lowest BCUT2D eigenvalue weighted by molar-refractivity contribution is -0.145. The molecule has 2 aliphatic rings. The monoisotopic (exact) mass is 365 g/mol. The number of benzene rings is 2. The van der Waals surface area contributed by atoms with Crippen LogP contribution in [0.4, 0.5) is 4.79 Å². The highest BCUT2D eigenvalue weighted by Crippen LogP contribution is 2.44. The van der Waals surface area contributed by atoms with Crippen LogP contribution < -0.4 is 0 Å². The number of likely N-dealkylation sites (tertiary alicyclic amines) is 1. The van der Waals surface area contributed by atoms with Gasteiger partial charge in [0, 0.05) is 18.5 Å². The van der Waals surface area contributed by atoms with Gasteiger partial charge in [-0.25, -0.2) is 4.79 Å². The summed E-state index contributed by atoms with van der Waals surface area (Å²) in [5.74, 6) is -1.37. The van der Waals surface area contributed by atoms with Gasteiger partial charge in [0.1, 0.15) is 6.61 Å². The van der Waals surface area contributed by atoms with Crippen LogP contribution in [0.1, 0.15) is 36.8 Å². The summed E-state index contributed by atoms with van der Waals surface area (Å²) in [5.41, 5.74) is 4.71. The van der Waals surface area contributed by atoms with Gasteiger partial charge >= 0.3 is 12.1 Å². The zero-order valence-corrected chi connectivity index (χ0v) is 15.3. The number of piperidine rings is 1. The van der Waals surface area contributed by atoms with Gasteiger partial charge in [-0.3, -0.25) is 4.79 Å². The van der Waals surface area contributed by atoms with Gasteiger partial charge in [0.05, 0.1) is 5.92 Å². The van der Waals surface area contributed by atoms with Crippen LogP contribution in [0, 0.1) is 5.92 Å². The van der Waals surface area contributed by atoms with Crippen LogP contribution in [0.25, 0.3) is 11.1 Å². The molecule has 0 spiro atoms. The molecule has 0 bridgehead atoms. The second-order valence-electron chi connectivity index (χ2n) is 7.32. The van der Waals surface area contributed by atoms with Crippen molar-refractivity contribution in [2.75, 3.05) is 13.2 Å². The molecule has 27 heavy (non-hydrogen) atoms. The predicted molar refractivity (Wildman–Crippen MR) is 102 cm³/mol. The Morgan fingerprint density at radius 1 is 1.07 bits per heavy atom. The van der Waals surface area contributed by atoms with Crippen molar-refractivity contribution in [2.45, 2.75) is 31.7 Å². The van der Waals surface area contributed by atoms with Gasteiger partial charge in [-0.2, -0.15) is 0 Å². The van der Waals surface area contributed by atoms with Gasteiger partial charge in [0.2, 0.25) is 0 Å². The highest BCUT2D eigenvalue weighted by molar-refractivity contribution is 5.79. The molecule has 0 unspecified atom stereocenters. The molecule has 1 N–H and O–H groups in total. The number of aliphatic carboxylic acids is 1. The fourth-order valence-electron chi connectivity index (χ4n) is 4.41. The van der Waals surface area contributed by atoms with Crippen molar-refractivity contribution in [1.29, 1.82) is 0 Å². The van der Waals surface area contributed by atoms with Gasteiger partial charge in [0.15, 0.2) is 0 Å². The lowest BCUT2D eigenvalue weighted by atomic mass is 9.91. The molecule has 5 nitrogen and oxygen atoms in total. The molecule has 1 heterocycles. The number of fused-ring (bicyclic) bond motifs is 3. The zero-order valence-electron chi connectivity index (χ0n) is 15.3. The molecule has 4 rings (SSSR count). The fourth-order valence-corrected chi connectivity index (χ4v) is 4.41. The van der Waals surface area contributed by atoms with Crippen molar-refractivity contribution in [3.8, 4) is 11.1 Å². The Kier molecular flexibility index (Phi) is 4.60. The number of rotatable bonds is 3. The number of carbonyl (C=O) groups is 2. The van der Waals surface area contributed by atoms with Crippen LogP contribution in [0.3, 0.4) is 0 Å². The second-order valence-corrected chi connectivity index (χ2v) is 7.32. The van der Waals surface area contributed by atoms with Gasteiger partial charge in [-0.05, 0) is 42.0 Å². The van der Waals surface area contributed by atoms with E-state index >= 15 is 0 Å². The summed E-state index contributed by atoms with van der Waals surface area (Å²) in [7, 11) is 0. The maximum Gasteiger partial charge on any atom is 0.410 e. The Hall–Kier alpha value is -2.82. The molecule has 1 saturated heterocycles. The molecule has 2 aromatic rings. The van der Waals surface area contributed by atoms with E-state index in [2.05, 4.69) is 24.3 Å². The molecule has 0 saturated carbocycles. The zero-order chi connectivity index (χ0) is 19.0. The smallest absolute Gasteiger partial charge is 0.410 e. The minimum atomic E-state index is -0.848. The van der Waals surface area contributed by atoms with E-state index in [-0.39, 0.29) is 18.6 Å². The molecule has 0 aromatic heterocycles. The van der Waals surface area contributed by atoms with Crippen molar-refractivity contribution in [2.24, 2.45) is 5.92 Å². The van der Waals surface area contributed by atoms with E-state index in [0.29, 0.717) is 19.4 Å². The summed E-state index contributed by atoms with van der Waals surface area (Å²) >= 11 is 0. The first kappa shape index (κ1) is 17.6. The lowest BCUT2D eigenvalue weighted by Crippen LogP contribution is -2.49. The van der Waals surface area contributed by atoms with Crippen LogP contribution >= 0.6 is 0 Å². The third-order valence-corrected chi connectivity index (χ3v) is 5.88. The molecule has 1 aliphatic carbocycles. The molecular weight excluding hydrogens is 342 g/mol. The summed E-state index contributed by atoms with van der Waals surface area (Å²) < 4.78 is 5.67. The fraction of sp³-hybridized carbons (Fsp3) is 0.364. The number of hydrogen-bond donors (Lipinski definition) is 1. The van der Waals surface area contributed by atoms with Crippen LogP contribution in [0.2, 0.25) is 0 Å². The maximum absolute atomic E-state index is 12.7. The molecule has 140 valence electrons. The van der Waals surface area contributed by atoms with Crippen LogP contribution in [-0.2, 0) is 9.53 Å². The minimum Gasteiger partial charge on any atom is -0.481 e. The Bertz CT molecular complexity index is 833. The normalized spacial score (nSPS) is 21.4. The largest absolute Gasteiger partial charge is 0.481 e. The summed E-state index contributed by atoms with van der Waals surface area (Å²) in [6.45, 7) is 2.59. The average molecular weight is 365 g/mol. The molecule has 2 atom stereocenters. The van der Waals surface area contributed by atoms with Crippen molar-refractivity contribution in [3.63, 3.8) is 0 Å². The number of amides is 1. The lowest BCUT2D eigenvalue weighted by Gasteiger charge is -2.36. The van der Waals surface area contributed by atoms with Gasteiger partial charge in [-0.15, -0.1) is 0 Å². The number of carboxylic acid groups (broad SMARTS) is 1. The van der Waals surface area contributed by atoms with Crippen LogP contribution in [0.15, 0.2) is 48.5 Å². The van der Waals surface area contributed by atoms with Crippen LogP contribution in [0.5, 0.6) is 0 Å². The van der Waals surface area contributed by atoms with Crippen molar-refractivity contribution in [1.82, 2.24) is 4.90 Å². The highest BCUT2D eigenvalue weighted by Gasteiger charge is 2.37. The van der Waals surface area contributed by atoms with E-state index < -0.39 is 18.0 Å². The standard InChI is InChI=1S/C22H23NO4/c1-14-15(21(24)25)11-6-12-23(14)22(26)27-13-20-18-9-4-2-7-16(18)17-8-3-5-10-19(17)20/h2-5,7-10,14-15,20H,6,11-13H2,1H3,(H,24,25)/t14-,15-/m0/s1. The highest BCUT2D eigenvalue weighted by atomic mass is 16.6. The number of carbonyl (C=O) groups excluding carboxylic acids is 1. The summed E-state index contributed by atoms with van der Waals surface area (Å²) in [6.07, 6.45) is 0.866. The van der Waals surface area contributed by atoms with Crippen molar-refractivity contribution >= 4 is 12.1 Å². The van der Waals surface area contributed by atoms with Gasteiger partial charge in [-0.1, -0.05) is 48.5 Å². The molecule has 1 amide bonds. The molecule has 1 aliphatic heterocycles. The van der Waals surface area contributed by atoms with Crippen molar-refractivity contribution in [3.05, 3.63) is 59.7 Å². The molecule has 1 fully saturated rings. The SMILES string of the molecule is C[C@H]1[C@@H](C(=O)O)CCCN1C(=O)OCC1c2ccccc2-c2ccccc21. The van der Waals surface area contributed by atoms with Gasteiger partial charge < -0.3 is 14.7 Å². The summed E-state index contributed by atoms with van der Waals surface area (Å²) in [4.78, 5) is 25.6. The Labute approximate surface area is 158 Å². The number of nitrogens with zero attached hydrogens (tertiary/aromatic N) is 1. The van der Waals surface area contributed by atoms with Crippen molar-refractivity contribution < 1.29 is 19.4 Å². The summed E-state index contributed by atoms with van der Waals surface area (Å²) in [5, 5.41) is 9.35. The van der Waals surface area contributed by atoms with E-state index in [9.17, 15) is 14.7 Å². The number of ether oxygens (including phenoxy) is 1. The first-order valence-electron chi connectivity index (χ1n) is 9.42. The topological polar surface area (TPSA) is 66.8 Å². The minimum absolute atomic E-state index is 0.0108. The quantitative estimate of drug-likeness (QED) is 0.888. The molecule has 2 aromatic carbocycles. The molecule has 0 radical (unpaired) electrons. The second kappa shape index (κ2) is 7.06.